The van der Waals surface area contributed by atoms with Gasteiger partial charge in [-0.25, -0.2) is 8.78 Å². The molecule has 1 aromatic carbocycles. The maximum atomic E-state index is 13.0. The lowest BCUT2D eigenvalue weighted by molar-refractivity contribution is -0.122. The van der Waals surface area contributed by atoms with Crippen molar-refractivity contribution < 1.29 is 23.0 Å². The molecule has 8 heteroatoms. The number of carbonyl (C=O) groups excluding carboxylic acids is 1. The van der Waals surface area contributed by atoms with Crippen LogP contribution in [0, 0.1) is 6.92 Å². The zero-order valence-electron chi connectivity index (χ0n) is 14.5. The second-order valence-corrected chi connectivity index (χ2v) is 5.57. The second kappa shape index (κ2) is 7.96. The maximum absolute atomic E-state index is 13.0. The fraction of sp³-hybridized carbons (Fsp3) is 0.412. The third kappa shape index (κ3) is 4.46. The minimum Gasteiger partial charge on any atom is -0.497 e. The van der Waals surface area contributed by atoms with Crippen molar-refractivity contribution in [2.45, 2.75) is 32.9 Å². The van der Waals surface area contributed by atoms with Crippen LogP contribution in [0.5, 0.6) is 11.5 Å². The van der Waals surface area contributed by atoms with Gasteiger partial charge >= 0.3 is 0 Å². The predicted molar refractivity (Wildman–Crippen MR) is 88.0 cm³/mol. The first-order valence-corrected chi connectivity index (χ1v) is 7.69. The molecule has 0 saturated heterocycles. The van der Waals surface area contributed by atoms with Crippen molar-refractivity contribution in [2.75, 3.05) is 14.2 Å². The molecule has 6 nitrogen and oxygen atoms in total. The van der Waals surface area contributed by atoms with Crippen LogP contribution >= 0.6 is 0 Å². The van der Waals surface area contributed by atoms with E-state index >= 15 is 0 Å². The molecule has 1 atom stereocenters. The Morgan fingerprint density at radius 3 is 2.60 bits per heavy atom. The topological polar surface area (TPSA) is 65.4 Å². The van der Waals surface area contributed by atoms with Gasteiger partial charge < -0.3 is 14.8 Å². The average molecular weight is 353 g/mol. The first-order chi connectivity index (χ1) is 11.8. The van der Waals surface area contributed by atoms with E-state index in [-0.39, 0.29) is 12.2 Å². The normalized spacial score (nSPS) is 12.1. The Morgan fingerprint density at radius 1 is 1.28 bits per heavy atom. The zero-order valence-corrected chi connectivity index (χ0v) is 14.5. The number of hydrogen-bond donors (Lipinski definition) is 1. The number of rotatable bonds is 7. The molecule has 0 radical (unpaired) electrons. The molecule has 25 heavy (non-hydrogen) atoms. The number of aryl methyl sites for hydroxylation is 1. The highest BCUT2D eigenvalue weighted by atomic mass is 19.3. The summed E-state index contributed by atoms with van der Waals surface area (Å²) < 4.78 is 37.5. The number of halogens is 2. The first kappa shape index (κ1) is 18.7. The van der Waals surface area contributed by atoms with Gasteiger partial charge in [0.15, 0.2) is 0 Å². The fourth-order valence-corrected chi connectivity index (χ4v) is 2.55. The molecule has 0 aliphatic carbocycles. The molecule has 1 amide bonds. The molecule has 2 aromatic rings. The van der Waals surface area contributed by atoms with E-state index in [1.165, 1.54) is 13.2 Å². The van der Waals surface area contributed by atoms with Gasteiger partial charge in [-0.15, -0.1) is 0 Å². The molecule has 0 bridgehead atoms. The number of nitrogens with one attached hydrogen (secondary N) is 1. The van der Waals surface area contributed by atoms with Gasteiger partial charge in [-0.2, -0.15) is 5.10 Å². The van der Waals surface area contributed by atoms with Crippen molar-refractivity contribution in [2.24, 2.45) is 0 Å². The van der Waals surface area contributed by atoms with Crippen LogP contribution in [-0.2, 0) is 11.3 Å². The lowest BCUT2D eigenvalue weighted by Gasteiger charge is -2.18. The molecule has 1 unspecified atom stereocenters. The monoisotopic (exact) mass is 353 g/mol. The molecular formula is C17H21F2N3O3. The van der Waals surface area contributed by atoms with Crippen molar-refractivity contribution in [1.29, 1.82) is 0 Å². The summed E-state index contributed by atoms with van der Waals surface area (Å²) in [6, 6.07) is 6.11. The molecule has 0 spiro atoms. The summed E-state index contributed by atoms with van der Waals surface area (Å²) >= 11 is 0. The number of benzene rings is 1. The maximum Gasteiger partial charge on any atom is 0.280 e. The summed E-state index contributed by atoms with van der Waals surface area (Å²) in [6.07, 6.45) is -2.69. The van der Waals surface area contributed by atoms with Gasteiger partial charge in [0.05, 0.1) is 26.0 Å². The highest BCUT2D eigenvalue weighted by Crippen LogP contribution is 2.29. The van der Waals surface area contributed by atoms with E-state index in [1.807, 2.05) is 0 Å². The Hall–Kier alpha value is -2.64. The van der Waals surface area contributed by atoms with Crippen LogP contribution in [0.3, 0.4) is 0 Å². The van der Waals surface area contributed by atoms with E-state index in [0.717, 1.165) is 10.2 Å². The van der Waals surface area contributed by atoms with Gasteiger partial charge in [-0.3, -0.25) is 9.48 Å². The highest BCUT2D eigenvalue weighted by molar-refractivity contribution is 5.76. The third-order valence-electron chi connectivity index (χ3n) is 3.73. The third-order valence-corrected chi connectivity index (χ3v) is 3.73. The van der Waals surface area contributed by atoms with Crippen molar-refractivity contribution in [1.82, 2.24) is 15.1 Å². The van der Waals surface area contributed by atoms with Crippen LogP contribution in [0.15, 0.2) is 24.3 Å². The molecule has 1 aromatic heterocycles. The van der Waals surface area contributed by atoms with Gasteiger partial charge in [0.2, 0.25) is 5.91 Å². The zero-order chi connectivity index (χ0) is 18.6. The van der Waals surface area contributed by atoms with Crippen molar-refractivity contribution >= 4 is 5.91 Å². The van der Waals surface area contributed by atoms with Gasteiger partial charge in [-0.05, 0) is 38.1 Å². The first-order valence-electron chi connectivity index (χ1n) is 7.69. The van der Waals surface area contributed by atoms with Gasteiger partial charge in [0.1, 0.15) is 23.7 Å². The van der Waals surface area contributed by atoms with E-state index < -0.39 is 18.4 Å². The molecule has 0 fully saturated rings. The Kier molecular flexibility index (Phi) is 5.95. The number of alkyl halides is 2. The van der Waals surface area contributed by atoms with Crippen molar-refractivity contribution in [3.63, 3.8) is 0 Å². The van der Waals surface area contributed by atoms with Gasteiger partial charge in [0, 0.05) is 5.56 Å². The number of hydrogen-bond acceptors (Lipinski definition) is 4. The van der Waals surface area contributed by atoms with E-state index in [4.69, 9.17) is 9.47 Å². The Bertz CT molecular complexity index is 747. The number of aromatic nitrogens is 2. The van der Waals surface area contributed by atoms with Crippen molar-refractivity contribution in [3.05, 3.63) is 41.2 Å². The van der Waals surface area contributed by atoms with E-state index in [1.54, 1.807) is 39.2 Å². The molecular weight excluding hydrogens is 332 g/mol. The molecule has 1 N–H and O–H groups in total. The fourth-order valence-electron chi connectivity index (χ4n) is 2.55. The van der Waals surface area contributed by atoms with Crippen LogP contribution in [-0.4, -0.2) is 29.9 Å². The van der Waals surface area contributed by atoms with Crippen LogP contribution in [0.25, 0.3) is 0 Å². The Morgan fingerprint density at radius 2 is 2.00 bits per heavy atom. The SMILES string of the molecule is COc1ccc(OC)c(C(C)NC(=O)Cn2nc(C)cc2C(F)F)c1. The quantitative estimate of drug-likeness (QED) is 0.831. The van der Waals surface area contributed by atoms with E-state index in [0.29, 0.717) is 17.2 Å². The highest BCUT2D eigenvalue weighted by Gasteiger charge is 2.19. The molecule has 136 valence electrons. The minimum absolute atomic E-state index is 0.278. The van der Waals surface area contributed by atoms with Crippen LogP contribution < -0.4 is 14.8 Å². The largest absolute Gasteiger partial charge is 0.497 e. The predicted octanol–water partition coefficient (Wildman–Crippen LogP) is 3.02. The summed E-state index contributed by atoms with van der Waals surface area (Å²) in [5.74, 6) is 0.791. The average Bonchev–Trinajstić information content (AvgIpc) is 2.94. The number of amides is 1. The number of ether oxygens (including phenoxy) is 2. The van der Waals surface area contributed by atoms with Crippen LogP contribution in [0.1, 0.15) is 36.3 Å². The molecule has 0 aliphatic rings. The van der Waals surface area contributed by atoms with E-state index in [2.05, 4.69) is 10.4 Å². The minimum atomic E-state index is -2.69. The Balaban J connectivity index is 2.13. The number of carbonyl (C=O) groups is 1. The van der Waals surface area contributed by atoms with E-state index in [9.17, 15) is 13.6 Å². The molecule has 1 heterocycles. The summed E-state index contributed by atoms with van der Waals surface area (Å²) in [7, 11) is 3.07. The number of methoxy groups -OCH3 is 2. The summed E-state index contributed by atoms with van der Waals surface area (Å²) in [5.41, 5.74) is 0.880. The standard InChI is InChI=1S/C17H21F2N3O3/c1-10-7-14(17(18)19)22(21-10)9-16(23)20-11(2)13-8-12(24-3)5-6-15(13)25-4/h5-8,11,17H,9H2,1-4H3,(H,20,23). The summed E-state index contributed by atoms with van der Waals surface area (Å²) in [5, 5.41) is 6.71. The summed E-state index contributed by atoms with van der Waals surface area (Å²) in [4.78, 5) is 12.2. The number of nitrogens with zero attached hydrogens (tertiary/aromatic N) is 2. The van der Waals surface area contributed by atoms with Crippen LogP contribution in [0.4, 0.5) is 8.78 Å². The van der Waals surface area contributed by atoms with Crippen LogP contribution in [0.2, 0.25) is 0 Å². The van der Waals surface area contributed by atoms with Gasteiger partial charge in [-0.1, -0.05) is 0 Å². The molecule has 0 saturated carbocycles. The molecule has 2 rings (SSSR count). The molecule has 0 aliphatic heterocycles. The summed E-state index contributed by atoms with van der Waals surface area (Å²) in [6.45, 7) is 3.09. The lowest BCUT2D eigenvalue weighted by Crippen LogP contribution is -2.31. The smallest absolute Gasteiger partial charge is 0.280 e. The lowest BCUT2D eigenvalue weighted by atomic mass is 10.1. The Labute approximate surface area is 144 Å². The second-order valence-electron chi connectivity index (χ2n) is 5.57. The van der Waals surface area contributed by atoms with Crippen molar-refractivity contribution in [3.8, 4) is 11.5 Å². The van der Waals surface area contributed by atoms with Gasteiger partial charge in [0.25, 0.3) is 6.43 Å².